The number of carbonyl (C=O) groups is 1. The van der Waals surface area contributed by atoms with Gasteiger partial charge in [0.05, 0.1) is 0 Å². The molecule has 0 atom stereocenters. The number of aromatic amines is 1. The Balaban J connectivity index is 2.15. The van der Waals surface area contributed by atoms with Crippen LogP contribution < -0.4 is 5.32 Å². The average molecular weight is 190 g/mol. The van der Waals surface area contributed by atoms with Gasteiger partial charge in [-0.1, -0.05) is 0 Å². The lowest BCUT2D eigenvalue weighted by molar-refractivity contribution is -0.118. The standard InChI is InChI=1S/C5H8ClN5O/c6-3-5(12)7-2-1-4-8-10-11-9-4/h1-3H2,(H,7,12)(H,8,9,10,11). The van der Waals surface area contributed by atoms with Crippen molar-refractivity contribution in [3.8, 4) is 0 Å². The van der Waals surface area contributed by atoms with Gasteiger partial charge in [-0.15, -0.1) is 16.7 Å². The smallest absolute Gasteiger partial charge is 0.234 e. The zero-order valence-corrected chi connectivity index (χ0v) is 7.01. The van der Waals surface area contributed by atoms with Crippen LogP contribution in [0.4, 0.5) is 0 Å². The van der Waals surface area contributed by atoms with E-state index in [1.165, 1.54) is 0 Å². The number of hydrogen-bond donors (Lipinski definition) is 2. The second-order valence-electron chi connectivity index (χ2n) is 2.08. The van der Waals surface area contributed by atoms with Gasteiger partial charge in [0.1, 0.15) is 11.7 Å². The number of halogens is 1. The lowest BCUT2D eigenvalue weighted by atomic mass is 10.4. The number of hydrogen-bond acceptors (Lipinski definition) is 4. The van der Waals surface area contributed by atoms with E-state index in [9.17, 15) is 4.79 Å². The van der Waals surface area contributed by atoms with Gasteiger partial charge in [0.2, 0.25) is 5.91 Å². The second-order valence-corrected chi connectivity index (χ2v) is 2.35. The number of rotatable bonds is 4. The van der Waals surface area contributed by atoms with Crippen molar-refractivity contribution in [3.63, 3.8) is 0 Å². The molecule has 0 aliphatic heterocycles. The van der Waals surface area contributed by atoms with Crippen LogP contribution in [-0.4, -0.2) is 39.0 Å². The van der Waals surface area contributed by atoms with E-state index in [0.717, 1.165) is 0 Å². The SMILES string of the molecule is O=C(CCl)NCCc1nnn[nH]1. The summed E-state index contributed by atoms with van der Waals surface area (Å²) in [4.78, 5) is 10.6. The lowest BCUT2D eigenvalue weighted by Gasteiger charge is -1.98. The fourth-order valence-electron chi connectivity index (χ4n) is 0.652. The quantitative estimate of drug-likeness (QED) is 0.602. The summed E-state index contributed by atoms with van der Waals surface area (Å²) in [6.07, 6.45) is 0.579. The molecule has 0 bridgehead atoms. The summed E-state index contributed by atoms with van der Waals surface area (Å²) in [6, 6.07) is 0. The molecule has 0 unspecified atom stereocenters. The number of aromatic nitrogens is 4. The van der Waals surface area contributed by atoms with Crippen molar-refractivity contribution in [2.75, 3.05) is 12.4 Å². The minimum absolute atomic E-state index is 0.0192. The zero-order chi connectivity index (χ0) is 8.81. The van der Waals surface area contributed by atoms with Crippen LogP contribution in [0.15, 0.2) is 0 Å². The molecule has 12 heavy (non-hydrogen) atoms. The first-order valence-electron chi connectivity index (χ1n) is 3.38. The van der Waals surface area contributed by atoms with Gasteiger partial charge in [-0.3, -0.25) is 4.79 Å². The summed E-state index contributed by atoms with van der Waals surface area (Å²) in [7, 11) is 0. The van der Waals surface area contributed by atoms with Gasteiger partial charge in [0.15, 0.2) is 0 Å². The monoisotopic (exact) mass is 189 g/mol. The number of carbonyl (C=O) groups excluding carboxylic acids is 1. The molecular weight excluding hydrogens is 182 g/mol. The fraction of sp³-hybridized carbons (Fsp3) is 0.600. The van der Waals surface area contributed by atoms with Crippen LogP contribution in [0.2, 0.25) is 0 Å². The van der Waals surface area contributed by atoms with Crippen molar-refractivity contribution >= 4 is 17.5 Å². The first-order chi connectivity index (χ1) is 5.83. The minimum Gasteiger partial charge on any atom is -0.355 e. The van der Waals surface area contributed by atoms with Crippen molar-refractivity contribution in [2.24, 2.45) is 0 Å². The van der Waals surface area contributed by atoms with Crippen LogP contribution >= 0.6 is 11.6 Å². The summed E-state index contributed by atoms with van der Waals surface area (Å²) in [5.74, 6) is 0.434. The maximum absolute atomic E-state index is 10.6. The highest BCUT2D eigenvalue weighted by Gasteiger charge is 1.99. The molecule has 1 aromatic rings. The molecule has 2 N–H and O–H groups in total. The Kier molecular flexibility index (Phi) is 3.46. The van der Waals surface area contributed by atoms with Crippen molar-refractivity contribution < 1.29 is 4.79 Å². The number of alkyl halides is 1. The molecule has 0 aliphatic carbocycles. The highest BCUT2D eigenvalue weighted by molar-refractivity contribution is 6.27. The number of amides is 1. The van der Waals surface area contributed by atoms with E-state index in [1.54, 1.807) is 0 Å². The molecule has 0 aliphatic rings. The van der Waals surface area contributed by atoms with Gasteiger partial charge >= 0.3 is 0 Å². The molecule has 66 valence electrons. The Bertz CT molecular complexity index is 236. The van der Waals surface area contributed by atoms with Crippen molar-refractivity contribution in [2.45, 2.75) is 6.42 Å². The molecule has 0 spiro atoms. The van der Waals surface area contributed by atoms with Crippen LogP contribution in [-0.2, 0) is 11.2 Å². The molecule has 0 aromatic carbocycles. The highest BCUT2D eigenvalue weighted by atomic mass is 35.5. The van der Waals surface area contributed by atoms with Gasteiger partial charge in [0.25, 0.3) is 0 Å². The van der Waals surface area contributed by atoms with Crippen LogP contribution in [0.3, 0.4) is 0 Å². The average Bonchev–Trinajstić information content (AvgIpc) is 2.57. The van der Waals surface area contributed by atoms with E-state index in [4.69, 9.17) is 11.6 Å². The van der Waals surface area contributed by atoms with Crippen LogP contribution in [0.5, 0.6) is 0 Å². The number of nitrogens with zero attached hydrogens (tertiary/aromatic N) is 3. The largest absolute Gasteiger partial charge is 0.355 e. The number of H-pyrrole nitrogens is 1. The van der Waals surface area contributed by atoms with E-state index in [1.807, 2.05) is 0 Å². The molecule has 0 saturated carbocycles. The van der Waals surface area contributed by atoms with Crippen LogP contribution in [0, 0.1) is 0 Å². The molecule has 6 nitrogen and oxygen atoms in total. The molecule has 1 amide bonds. The molecular formula is C5H8ClN5O. The maximum atomic E-state index is 10.6. The van der Waals surface area contributed by atoms with Gasteiger partial charge in [-0.2, -0.15) is 0 Å². The van der Waals surface area contributed by atoms with Gasteiger partial charge < -0.3 is 5.32 Å². The molecule has 0 fully saturated rings. The topological polar surface area (TPSA) is 83.6 Å². The Morgan fingerprint density at radius 2 is 2.50 bits per heavy atom. The Morgan fingerprint density at radius 1 is 1.67 bits per heavy atom. The Morgan fingerprint density at radius 3 is 3.08 bits per heavy atom. The van der Waals surface area contributed by atoms with Gasteiger partial charge in [-0.05, 0) is 10.4 Å². The minimum atomic E-state index is -0.191. The lowest BCUT2D eigenvalue weighted by Crippen LogP contribution is -2.26. The molecule has 1 rings (SSSR count). The maximum Gasteiger partial charge on any atom is 0.234 e. The predicted molar refractivity (Wildman–Crippen MR) is 41.6 cm³/mol. The van der Waals surface area contributed by atoms with Gasteiger partial charge in [0, 0.05) is 13.0 Å². The summed E-state index contributed by atoms with van der Waals surface area (Å²) >= 11 is 5.25. The third kappa shape index (κ3) is 2.83. The summed E-state index contributed by atoms with van der Waals surface area (Å²) < 4.78 is 0. The summed E-state index contributed by atoms with van der Waals surface area (Å²) in [6.45, 7) is 0.489. The van der Waals surface area contributed by atoms with E-state index < -0.39 is 0 Å². The molecule has 0 radical (unpaired) electrons. The highest BCUT2D eigenvalue weighted by Crippen LogP contribution is 1.83. The second kappa shape index (κ2) is 4.66. The predicted octanol–water partition coefficient (Wildman–Crippen LogP) is -0.903. The van der Waals surface area contributed by atoms with Crippen LogP contribution in [0.1, 0.15) is 5.82 Å². The normalized spacial score (nSPS) is 9.75. The zero-order valence-electron chi connectivity index (χ0n) is 6.25. The first-order valence-corrected chi connectivity index (χ1v) is 3.91. The van der Waals surface area contributed by atoms with Crippen molar-refractivity contribution in [1.82, 2.24) is 25.9 Å². The van der Waals surface area contributed by atoms with E-state index in [-0.39, 0.29) is 11.8 Å². The molecule has 7 heteroatoms. The third-order valence-electron chi connectivity index (χ3n) is 1.19. The first kappa shape index (κ1) is 8.92. The summed E-state index contributed by atoms with van der Waals surface area (Å²) in [5.41, 5.74) is 0. The van der Waals surface area contributed by atoms with Crippen molar-refractivity contribution in [3.05, 3.63) is 5.82 Å². The number of nitrogens with one attached hydrogen (secondary N) is 2. The van der Waals surface area contributed by atoms with Gasteiger partial charge in [-0.25, -0.2) is 5.10 Å². The molecule has 1 aromatic heterocycles. The summed E-state index contributed by atoms with van der Waals surface area (Å²) in [5, 5.41) is 15.6. The van der Waals surface area contributed by atoms with E-state index in [0.29, 0.717) is 18.8 Å². The Labute approximate surface area is 73.7 Å². The third-order valence-corrected chi connectivity index (χ3v) is 1.44. The van der Waals surface area contributed by atoms with Crippen LogP contribution in [0.25, 0.3) is 0 Å². The molecule has 0 saturated heterocycles. The van der Waals surface area contributed by atoms with E-state index in [2.05, 4.69) is 25.9 Å². The molecule has 1 heterocycles. The number of tetrazole rings is 1. The van der Waals surface area contributed by atoms with E-state index >= 15 is 0 Å². The fourth-order valence-corrected chi connectivity index (χ4v) is 0.747. The van der Waals surface area contributed by atoms with Crippen molar-refractivity contribution in [1.29, 1.82) is 0 Å². The Hall–Kier alpha value is -1.17.